The third kappa shape index (κ3) is 3.74. The molecule has 2 aromatic rings. The van der Waals surface area contributed by atoms with E-state index in [1.165, 1.54) is 0 Å². The molecule has 0 saturated heterocycles. The molecule has 2 N–H and O–H groups in total. The van der Waals surface area contributed by atoms with Crippen molar-refractivity contribution >= 4 is 22.6 Å². The summed E-state index contributed by atoms with van der Waals surface area (Å²) in [5.41, 5.74) is 6.88. The van der Waals surface area contributed by atoms with Gasteiger partial charge in [0.1, 0.15) is 0 Å². The van der Waals surface area contributed by atoms with Crippen LogP contribution < -0.4 is 5.73 Å². The van der Waals surface area contributed by atoms with E-state index in [1.54, 1.807) is 0 Å². The zero-order valence-electron chi connectivity index (χ0n) is 10.8. The predicted octanol–water partition coefficient (Wildman–Crippen LogP) is 2.77. The minimum atomic E-state index is -0.374. The third-order valence-corrected chi connectivity index (χ3v) is 3.43. The number of nitrogens with two attached hydrogens (primary N) is 1. The van der Waals surface area contributed by atoms with Crippen LogP contribution in [0.5, 0.6) is 0 Å². The summed E-state index contributed by atoms with van der Waals surface area (Å²) in [6, 6.07) is 7.45. The maximum absolute atomic E-state index is 5.96. The summed E-state index contributed by atoms with van der Waals surface area (Å²) >= 11 is 2.23. The normalized spacial score (nSPS) is 12.9. The summed E-state index contributed by atoms with van der Waals surface area (Å²) < 4.78 is 11.8. The van der Waals surface area contributed by atoms with Crippen molar-refractivity contribution in [1.29, 1.82) is 0 Å². The van der Waals surface area contributed by atoms with E-state index in [0.717, 1.165) is 9.13 Å². The maximum atomic E-state index is 5.96. The van der Waals surface area contributed by atoms with Crippen LogP contribution in [0.2, 0.25) is 0 Å². The van der Waals surface area contributed by atoms with E-state index in [0.29, 0.717) is 18.3 Å². The van der Waals surface area contributed by atoms with E-state index in [9.17, 15) is 0 Å². The lowest BCUT2D eigenvalue weighted by Crippen LogP contribution is -2.20. The molecule has 0 aliphatic rings. The Balaban J connectivity index is 2.13. The lowest BCUT2D eigenvalue weighted by Gasteiger charge is -2.10. The average molecular weight is 373 g/mol. The Morgan fingerprint density at radius 2 is 2.11 bits per heavy atom. The first-order chi connectivity index (χ1) is 9.08. The molecule has 0 aliphatic carbocycles. The number of benzene rings is 1. The second-order valence-corrected chi connectivity index (χ2v) is 5.59. The van der Waals surface area contributed by atoms with Crippen molar-refractivity contribution in [2.24, 2.45) is 5.73 Å². The first-order valence-electron chi connectivity index (χ1n) is 6.03. The molecular weight excluding hydrogens is 357 g/mol. The van der Waals surface area contributed by atoms with Crippen LogP contribution in [-0.2, 0) is 4.74 Å². The van der Waals surface area contributed by atoms with Gasteiger partial charge in [-0.1, -0.05) is 17.3 Å². The molecule has 0 amide bonds. The predicted molar refractivity (Wildman–Crippen MR) is 80.5 cm³/mol. The molecule has 1 atom stereocenters. The molecule has 1 aromatic heterocycles. The fraction of sp³-hybridized carbons (Fsp3) is 0.385. The molecule has 102 valence electrons. The van der Waals surface area contributed by atoms with Gasteiger partial charge in [-0.2, -0.15) is 4.98 Å². The number of rotatable bonds is 5. The molecule has 0 fully saturated rings. The smallest absolute Gasteiger partial charge is 0.259 e. The van der Waals surface area contributed by atoms with Crippen molar-refractivity contribution in [1.82, 2.24) is 10.1 Å². The number of hydrogen-bond acceptors (Lipinski definition) is 5. The van der Waals surface area contributed by atoms with Gasteiger partial charge < -0.3 is 15.0 Å². The standard InChI is InChI=1S/C13H16IN3O2/c1-8(2)18-7-11(15)12-16-13(19-17-12)9-5-3-4-6-10(9)14/h3-6,8,11H,7,15H2,1-2H3. The monoisotopic (exact) mass is 373 g/mol. The zero-order chi connectivity index (χ0) is 13.8. The third-order valence-electron chi connectivity index (χ3n) is 2.49. The van der Waals surface area contributed by atoms with E-state index in [1.807, 2.05) is 38.1 Å². The second-order valence-electron chi connectivity index (χ2n) is 4.43. The molecule has 6 heteroatoms. The zero-order valence-corrected chi connectivity index (χ0v) is 13.0. The Morgan fingerprint density at radius 1 is 1.37 bits per heavy atom. The summed E-state index contributed by atoms with van der Waals surface area (Å²) in [5, 5.41) is 3.92. The van der Waals surface area contributed by atoms with Crippen molar-refractivity contribution in [3.8, 4) is 11.5 Å². The van der Waals surface area contributed by atoms with Crippen molar-refractivity contribution in [2.75, 3.05) is 6.61 Å². The highest BCUT2D eigenvalue weighted by Crippen LogP contribution is 2.24. The van der Waals surface area contributed by atoms with Crippen LogP contribution >= 0.6 is 22.6 Å². The highest BCUT2D eigenvalue weighted by molar-refractivity contribution is 14.1. The minimum absolute atomic E-state index is 0.132. The van der Waals surface area contributed by atoms with Gasteiger partial charge in [0, 0.05) is 3.57 Å². The Morgan fingerprint density at radius 3 is 2.79 bits per heavy atom. The summed E-state index contributed by atoms with van der Waals surface area (Å²) in [6.45, 7) is 4.30. The van der Waals surface area contributed by atoms with Gasteiger partial charge in [-0.3, -0.25) is 0 Å². The molecule has 1 aromatic carbocycles. The van der Waals surface area contributed by atoms with Crippen molar-refractivity contribution in [2.45, 2.75) is 26.0 Å². The average Bonchev–Trinajstić information content (AvgIpc) is 2.86. The number of halogens is 1. The molecule has 0 saturated carbocycles. The molecule has 0 aliphatic heterocycles. The van der Waals surface area contributed by atoms with Crippen molar-refractivity contribution < 1.29 is 9.26 Å². The van der Waals surface area contributed by atoms with Crippen LogP contribution in [0.4, 0.5) is 0 Å². The van der Waals surface area contributed by atoms with E-state index in [-0.39, 0.29) is 12.1 Å². The maximum Gasteiger partial charge on any atom is 0.259 e. The van der Waals surface area contributed by atoms with Crippen LogP contribution in [0.25, 0.3) is 11.5 Å². The van der Waals surface area contributed by atoms with Gasteiger partial charge in [0.15, 0.2) is 5.82 Å². The lowest BCUT2D eigenvalue weighted by atomic mass is 10.2. The molecular formula is C13H16IN3O2. The van der Waals surface area contributed by atoms with Crippen LogP contribution in [0.15, 0.2) is 28.8 Å². The molecule has 0 bridgehead atoms. The highest BCUT2D eigenvalue weighted by atomic mass is 127. The Kier molecular flexibility index (Phi) is 4.89. The Labute approximate surface area is 125 Å². The van der Waals surface area contributed by atoms with Crippen LogP contribution in [0.3, 0.4) is 0 Å². The molecule has 2 rings (SSSR count). The van der Waals surface area contributed by atoms with Crippen LogP contribution in [0.1, 0.15) is 25.7 Å². The van der Waals surface area contributed by atoms with Gasteiger partial charge >= 0.3 is 0 Å². The lowest BCUT2D eigenvalue weighted by molar-refractivity contribution is 0.0665. The molecule has 5 nitrogen and oxygen atoms in total. The van der Waals surface area contributed by atoms with E-state index < -0.39 is 0 Å². The molecule has 1 unspecified atom stereocenters. The van der Waals surface area contributed by atoms with Crippen LogP contribution in [-0.4, -0.2) is 22.9 Å². The highest BCUT2D eigenvalue weighted by Gasteiger charge is 2.17. The largest absolute Gasteiger partial charge is 0.377 e. The van der Waals surface area contributed by atoms with E-state index >= 15 is 0 Å². The first kappa shape index (κ1) is 14.4. The van der Waals surface area contributed by atoms with Gasteiger partial charge in [-0.05, 0) is 48.6 Å². The van der Waals surface area contributed by atoms with Crippen LogP contribution in [0, 0.1) is 3.57 Å². The Hall–Kier alpha value is -0.990. The van der Waals surface area contributed by atoms with Gasteiger partial charge in [0.25, 0.3) is 5.89 Å². The van der Waals surface area contributed by atoms with Gasteiger partial charge in [0.2, 0.25) is 0 Å². The topological polar surface area (TPSA) is 74.2 Å². The summed E-state index contributed by atoms with van der Waals surface area (Å²) in [5.74, 6) is 0.954. The number of hydrogen-bond donors (Lipinski definition) is 1. The van der Waals surface area contributed by atoms with E-state index in [4.69, 9.17) is 15.0 Å². The van der Waals surface area contributed by atoms with Gasteiger partial charge in [0.05, 0.1) is 24.3 Å². The summed E-state index contributed by atoms with van der Waals surface area (Å²) in [4.78, 5) is 4.33. The summed E-state index contributed by atoms with van der Waals surface area (Å²) in [6.07, 6.45) is 0.132. The minimum Gasteiger partial charge on any atom is -0.377 e. The fourth-order valence-electron chi connectivity index (χ4n) is 1.50. The molecule has 1 heterocycles. The van der Waals surface area contributed by atoms with Gasteiger partial charge in [-0.25, -0.2) is 0 Å². The Bertz CT molecular complexity index is 542. The van der Waals surface area contributed by atoms with Gasteiger partial charge in [-0.15, -0.1) is 0 Å². The number of ether oxygens (including phenoxy) is 1. The molecule has 0 radical (unpaired) electrons. The molecule has 0 spiro atoms. The first-order valence-corrected chi connectivity index (χ1v) is 7.11. The van der Waals surface area contributed by atoms with E-state index in [2.05, 4.69) is 32.7 Å². The molecule has 19 heavy (non-hydrogen) atoms. The number of nitrogens with zero attached hydrogens (tertiary/aromatic N) is 2. The summed E-state index contributed by atoms with van der Waals surface area (Å²) in [7, 11) is 0. The quantitative estimate of drug-likeness (QED) is 0.816. The van der Waals surface area contributed by atoms with Crippen molar-refractivity contribution in [3.05, 3.63) is 33.7 Å². The number of aromatic nitrogens is 2. The second kappa shape index (κ2) is 6.44. The fourth-order valence-corrected chi connectivity index (χ4v) is 2.12. The SMILES string of the molecule is CC(C)OCC(N)c1noc(-c2ccccc2I)n1. The van der Waals surface area contributed by atoms with Crippen molar-refractivity contribution in [3.63, 3.8) is 0 Å².